The molecule has 0 saturated heterocycles. The molecule has 0 bridgehead atoms. The maximum absolute atomic E-state index is 12.8. The molecule has 1 aromatic heterocycles. The molecule has 1 atom stereocenters. The van der Waals surface area contributed by atoms with Crippen molar-refractivity contribution < 1.29 is 4.79 Å². The Morgan fingerprint density at radius 1 is 1.23 bits per heavy atom. The van der Waals surface area contributed by atoms with Crippen molar-refractivity contribution in [3.63, 3.8) is 0 Å². The maximum Gasteiger partial charge on any atom is 0.237 e. The minimum absolute atomic E-state index is 0.0287. The number of carbonyl (C=O) groups excluding carboxylic acids is 1. The Morgan fingerprint density at radius 2 is 2.04 bits per heavy atom. The van der Waals surface area contributed by atoms with Crippen molar-refractivity contribution in [3.05, 3.63) is 41.5 Å². The number of thioether (sulfide) groups is 1. The Balaban J connectivity index is 1.37. The lowest BCUT2D eigenvalue weighted by molar-refractivity contribution is -0.115. The summed E-state index contributed by atoms with van der Waals surface area (Å²) in [7, 11) is 0. The Kier molecular flexibility index (Phi) is 3.70. The second-order valence-corrected chi connectivity index (χ2v) is 8.31. The number of aryl methyl sites for hydroxylation is 2. The van der Waals surface area contributed by atoms with Gasteiger partial charge in [0.1, 0.15) is 0 Å². The van der Waals surface area contributed by atoms with Crippen LogP contribution >= 0.6 is 11.8 Å². The number of rotatable bonds is 5. The molecule has 3 aromatic rings. The number of benzene rings is 2. The summed E-state index contributed by atoms with van der Waals surface area (Å²) < 4.78 is 1.84. The zero-order chi connectivity index (χ0) is 17.7. The second kappa shape index (κ2) is 6.09. The van der Waals surface area contributed by atoms with Crippen molar-refractivity contribution in [2.24, 2.45) is 0 Å². The first-order valence-corrected chi connectivity index (χ1v) is 9.87. The highest BCUT2D eigenvalue weighted by Crippen LogP contribution is 2.38. The van der Waals surface area contributed by atoms with Gasteiger partial charge >= 0.3 is 0 Å². The van der Waals surface area contributed by atoms with E-state index in [4.69, 9.17) is 0 Å². The molecule has 0 aliphatic heterocycles. The first kappa shape index (κ1) is 15.8. The number of carbonyl (C=O) groups is 1. The van der Waals surface area contributed by atoms with E-state index >= 15 is 0 Å². The van der Waals surface area contributed by atoms with Gasteiger partial charge in [0, 0.05) is 11.1 Å². The molecule has 2 aromatic carbocycles. The lowest BCUT2D eigenvalue weighted by Gasteiger charge is -2.14. The van der Waals surface area contributed by atoms with E-state index in [1.54, 1.807) is 0 Å². The number of nitrogens with one attached hydrogen (secondary N) is 1. The number of aromatic nitrogens is 4. The van der Waals surface area contributed by atoms with Crippen LogP contribution in [0.2, 0.25) is 0 Å². The Morgan fingerprint density at radius 3 is 2.85 bits per heavy atom. The standard InChI is InChI=1S/C19H19N5OS/c1-11(26-19-21-22-23-24(19)14-8-9-14)18(25)20-16-10-7-13-6-5-12-3-2-4-15(16)17(12)13/h2-4,7,10-11,14H,5-6,8-9H2,1H3,(H,20,25). The highest BCUT2D eigenvalue weighted by molar-refractivity contribution is 8.00. The summed E-state index contributed by atoms with van der Waals surface area (Å²) in [5.41, 5.74) is 3.63. The first-order chi connectivity index (χ1) is 12.7. The molecule has 5 rings (SSSR count). The van der Waals surface area contributed by atoms with Crippen LogP contribution in [-0.4, -0.2) is 31.4 Å². The fourth-order valence-electron chi connectivity index (χ4n) is 3.61. The molecule has 132 valence electrons. The molecule has 0 radical (unpaired) electrons. The number of amides is 1. The molecule has 7 heteroatoms. The lowest BCUT2D eigenvalue weighted by Crippen LogP contribution is -2.23. The number of nitrogens with zero attached hydrogens (tertiary/aromatic N) is 4. The van der Waals surface area contributed by atoms with Gasteiger partial charge < -0.3 is 5.32 Å². The van der Waals surface area contributed by atoms with Crippen LogP contribution < -0.4 is 5.32 Å². The summed E-state index contributed by atoms with van der Waals surface area (Å²) in [6, 6.07) is 10.9. The SMILES string of the molecule is CC(Sc1nnnn1C1CC1)C(=O)Nc1ccc2c3c(cccc13)CC2. The van der Waals surface area contributed by atoms with Crippen LogP contribution in [-0.2, 0) is 17.6 Å². The average molecular weight is 365 g/mol. The fraction of sp³-hybridized carbons (Fsp3) is 0.368. The molecule has 1 N–H and O–H groups in total. The van der Waals surface area contributed by atoms with Crippen molar-refractivity contribution in [1.82, 2.24) is 20.2 Å². The van der Waals surface area contributed by atoms with Crippen LogP contribution in [0.4, 0.5) is 5.69 Å². The minimum atomic E-state index is -0.276. The summed E-state index contributed by atoms with van der Waals surface area (Å²) in [6.07, 6.45) is 4.39. The summed E-state index contributed by atoms with van der Waals surface area (Å²) in [4.78, 5) is 12.8. The molecule has 2 aliphatic carbocycles. The Hall–Kier alpha value is -2.41. The molecule has 1 saturated carbocycles. The van der Waals surface area contributed by atoms with Gasteiger partial charge in [0.05, 0.1) is 11.3 Å². The van der Waals surface area contributed by atoms with Crippen molar-refractivity contribution in [2.45, 2.75) is 49.1 Å². The molecule has 1 fully saturated rings. The third-order valence-corrected chi connectivity index (χ3v) is 6.19. The van der Waals surface area contributed by atoms with E-state index in [0.29, 0.717) is 6.04 Å². The van der Waals surface area contributed by atoms with Gasteiger partial charge in [-0.05, 0) is 65.6 Å². The monoisotopic (exact) mass is 365 g/mol. The average Bonchev–Trinajstić information content (AvgIpc) is 3.24. The summed E-state index contributed by atoms with van der Waals surface area (Å²) in [5.74, 6) is -0.0287. The summed E-state index contributed by atoms with van der Waals surface area (Å²) in [5, 5.41) is 17.9. The van der Waals surface area contributed by atoms with Crippen molar-refractivity contribution >= 4 is 34.1 Å². The molecule has 6 nitrogen and oxygen atoms in total. The minimum Gasteiger partial charge on any atom is -0.325 e. The predicted octanol–water partition coefficient (Wildman–Crippen LogP) is 3.38. The van der Waals surface area contributed by atoms with E-state index in [0.717, 1.165) is 41.9 Å². The van der Waals surface area contributed by atoms with Crippen LogP contribution in [0.5, 0.6) is 0 Å². The van der Waals surface area contributed by atoms with E-state index in [1.165, 1.54) is 28.3 Å². The molecule has 0 spiro atoms. The first-order valence-electron chi connectivity index (χ1n) is 8.99. The molecule has 26 heavy (non-hydrogen) atoms. The number of hydrogen-bond acceptors (Lipinski definition) is 5. The molecule has 1 amide bonds. The largest absolute Gasteiger partial charge is 0.325 e. The number of tetrazole rings is 1. The molecule has 1 heterocycles. The van der Waals surface area contributed by atoms with Crippen molar-refractivity contribution in [3.8, 4) is 0 Å². The van der Waals surface area contributed by atoms with E-state index in [2.05, 4.69) is 45.1 Å². The van der Waals surface area contributed by atoms with Gasteiger partial charge in [0.25, 0.3) is 0 Å². The lowest BCUT2D eigenvalue weighted by atomic mass is 10.0. The highest BCUT2D eigenvalue weighted by atomic mass is 32.2. The van der Waals surface area contributed by atoms with E-state index in [1.807, 2.05) is 17.7 Å². The van der Waals surface area contributed by atoms with E-state index in [-0.39, 0.29) is 11.2 Å². The van der Waals surface area contributed by atoms with Crippen LogP contribution in [0, 0.1) is 0 Å². The van der Waals surface area contributed by atoms with Gasteiger partial charge in [0.15, 0.2) is 0 Å². The van der Waals surface area contributed by atoms with Crippen LogP contribution in [0.25, 0.3) is 10.8 Å². The number of anilines is 1. The zero-order valence-corrected chi connectivity index (χ0v) is 15.3. The van der Waals surface area contributed by atoms with Gasteiger partial charge in [-0.15, -0.1) is 5.10 Å². The van der Waals surface area contributed by atoms with Gasteiger partial charge in [-0.2, -0.15) is 0 Å². The van der Waals surface area contributed by atoms with Crippen molar-refractivity contribution in [2.75, 3.05) is 5.32 Å². The van der Waals surface area contributed by atoms with Gasteiger partial charge in [-0.1, -0.05) is 36.0 Å². The Labute approximate surface area is 155 Å². The normalized spacial score (nSPS) is 16.8. The summed E-state index contributed by atoms with van der Waals surface area (Å²) in [6.45, 7) is 1.89. The molecule has 1 unspecified atom stereocenters. The van der Waals surface area contributed by atoms with Gasteiger partial charge in [-0.25, -0.2) is 4.68 Å². The van der Waals surface area contributed by atoms with Crippen molar-refractivity contribution in [1.29, 1.82) is 0 Å². The van der Waals surface area contributed by atoms with Crippen LogP contribution in [0.1, 0.15) is 36.9 Å². The molecule has 2 aliphatic rings. The third kappa shape index (κ3) is 2.67. The highest BCUT2D eigenvalue weighted by Gasteiger charge is 2.29. The molecular formula is C19H19N5OS. The second-order valence-electron chi connectivity index (χ2n) is 7.00. The van der Waals surface area contributed by atoms with Gasteiger partial charge in [0.2, 0.25) is 11.1 Å². The van der Waals surface area contributed by atoms with E-state index in [9.17, 15) is 4.79 Å². The van der Waals surface area contributed by atoms with Crippen LogP contribution in [0.3, 0.4) is 0 Å². The third-order valence-electron chi connectivity index (χ3n) is 5.14. The zero-order valence-electron chi connectivity index (χ0n) is 14.5. The van der Waals surface area contributed by atoms with Crippen LogP contribution in [0.15, 0.2) is 35.5 Å². The van der Waals surface area contributed by atoms with E-state index < -0.39 is 0 Å². The number of hydrogen-bond donors (Lipinski definition) is 1. The fourth-order valence-corrected chi connectivity index (χ4v) is 4.47. The summed E-state index contributed by atoms with van der Waals surface area (Å²) >= 11 is 1.41. The topological polar surface area (TPSA) is 72.7 Å². The molecular weight excluding hydrogens is 346 g/mol. The Bertz CT molecular complexity index is 1000. The smallest absolute Gasteiger partial charge is 0.237 e. The van der Waals surface area contributed by atoms with Gasteiger partial charge in [-0.3, -0.25) is 4.79 Å². The quantitative estimate of drug-likeness (QED) is 0.702. The predicted molar refractivity (Wildman–Crippen MR) is 101 cm³/mol. The maximum atomic E-state index is 12.8.